The van der Waals surface area contributed by atoms with Crippen LogP contribution in [-0.2, 0) is 16.6 Å². The summed E-state index contributed by atoms with van der Waals surface area (Å²) in [6, 6.07) is 3.48. The van der Waals surface area contributed by atoms with Crippen molar-refractivity contribution >= 4 is 17.4 Å². The van der Waals surface area contributed by atoms with Crippen molar-refractivity contribution in [1.29, 1.82) is 0 Å². The Kier molecular flexibility index (Phi) is 5.15. The standard InChI is InChI=1S/C22H19F3N8O2/c1-11-5-6-14(26-8-11)21(2)15-17(32-20(21)35)30-16(31-19(15)34)13-9-33-18(27-10-28-33)12(29-13)4-3-7-22(23,24)25/h5-6,8-10H,3-4,7H2,1-2H3,(H2,30,31,32,34,35). The van der Waals surface area contributed by atoms with Gasteiger partial charge in [0.25, 0.3) is 5.56 Å². The van der Waals surface area contributed by atoms with Crippen molar-refractivity contribution in [2.75, 3.05) is 5.32 Å². The molecule has 0 aromatic carbocycles. The molecule has 35 heavy (non-hydrogen) atoms. The number of aromatic amines is 1. The summed E-state index contributed by atoms with van der Waals surface area (Å²) in [4.78, 5) is 46.0. The summed E-state index contributed by atoms with van der Waals surface area (Å²) in [6.07, 6.45) is -1.12. The number of carbonyl (C=O) groups excluding carboxylic acids is 1. The molecular formula is C22H19F3N8O2. The van der Waals surface area contributed by atoms with Crippen molar-refractivity contribution < 1.29 is 18.0 Å². The van der Waals surface area contributed by atoms with Crippen LogP contribution >= 0.6 is 0 Å². The number of rotatable bonds is 5. The van der Waals surface area contributed by atoms with Gasteiger partial charge in [-0.2, -0.15) is 23.3 Å². The van der Waals surface area contributed by atoms with E-state index in [1.54, 1.807) is 25.3 Å². The smallest absolute Gasteiger partial charge is 0.324 e. The number of amides is 1. The van der Waals surface area contributed by atoms with E-state index in [0.717, 1.165) is 5.56 Å². The first-order chi connectivity index (χ1) is 16.6. The summed E-state index contributed by atoms with van der Waals surface area (Å²) >= 11 is 0. The van der Waals surface area contributed by atoms with E-state index in [1.807, 2.05) is 6.92 Å². The third-order valence-corrected chi connectivity index (χ3v) is 5.98. The summed E-state index contributed by atoms with van der Waals surface area (Å²) in [6.45, 7) is 3.46. The minimum atomic E-state index is -4.29. The fourth-order valence-electron chi connectivity index (χ4n) is 4.14. The summed E-state index contributed by atoms with van der Waals surface area (Å²) in [5.41, 5.74) is 0.171. The maximum absolute atomic E-state index is 13.1. The van der Waals surface area contributed by atoms with Crippen LogP contribution in [0.4, 0.5) is 19.0 Å². The van der Waals surface area contributed by atoms with Crippen LogP contribution in [0.2, 0.25) is 0 Å². The number of carbonyl (C=O) groups is 1. The molecule has 4 aromatic rings. The van der Waals surface area contributed by atoms with Crippen molar-refractivity contribution in [3.63, 3.8) is 0 Å². The van der Waals surface area contributed by atoms with E-state index < -0.39 is 29.5 Å². The van der Waals surface area contributed by atoms with Gasteiger partial charge in [0, 0.05) is 12.6 Å². The van der Waals surface area contributed by atoms with Gasteiger partial charge in [-0.3, -0.25) is 14.6 Å². The van der Waals surface area contributed by atoms with Gasteiger partial charge in [0.05, 0.1) is 23.1 Å². The van der Waals surface area contributed by atoms with Gasteiger partial charge in [-0.1, -0.05) is 6.07 Å². The number of hydrogen-bond acceptors (Lipinski definition) is 7. The maximum atomic E-state index is 13.1. The van der Waals surface area contributed by atoms with Gasteiger partial charge < -0.3 is 10.3 Å². The molecule has 1 unspecified atom stereocenters. The number of hydrogen-bond donors (Lipinski definition) is 2. The van der Waals surface area contributed by atoms with E-state index >= 15 is 0 Å². The number of nitrogens with one attached hydrogen (secondary N) is 2. The molecule has 5 heterocycles. The zero-order chi connectivity index (χ0) is 25.0. The van der Waals surface area contributed by atoms with Crippen LogP contribution in [0.25, 0.3) is 17.2 Å². The second kappa shape index (κ2) is 7.96. The van der Waals surface area contributed by atoms with E-state index in [2.05, 4.69) is 35.3 Å². The topological polar surface area (TPSA) is 131 Å². The van der Waals surface area contributed by atoms with Gasteiger partial charge >= 0.3 is 6.18 Å². The van der Waals surface area contributed by atoms with Crippen LogP contribution in [0.5, 0.6) is 0 Å². The number of anilines is 1. The number of aryl methyl sites for hydroxylation is 2. The molecule has 10 nitrogen and oxygen atoms in total. The monoisotopic (exact) mass is 484 g/mol. The second-order valence-corrected chi connectivity index (χ2v) is 8.51. The summed E-state index contributed by atoms with van der Waals surface area (Å²) in [5, 5.41) is 6.73. The van der Waals surface area contributed by atoms with Crippen molar-refractivity contribution in [2.24, 2.45) is 0 Å². The van der Waals surface area contributed by atoms with Crippen molar-refractivity contribution in [2.45, 2.75) is 44.7 Å². The maximum Gasteiger partial charge on any atom is 0.389 e. The third-order valence-electron chi connectivity index (χ3n) is 5.98. The van der Waals surface area contributed by atoms with Crippen molar-refractivity contribution in [3.8, 4) is 11.5 Å². The van der Waals surface area contributed by atoms with E-state index in [1.165, 1.54) is 17.0 Å². The largest absolute Gasteiger partial charge is 0.389 e. The number of alkyl halides is 3. The summed E-state index contributed by atoms with van der Waals surface area (Å²) in [7, 11) is 0. The summed E-state index contributed by atoms with van der Waals surface area (Å²) in [5.74, 6) is -0.248. The van der Waals surface area contributed by atoms with Crippen LogP contribution < -0.4 is 10.9 Å². The molecule has 4 aromatic heterocycles. The molecule has 0 radical (unpaired) electrons. The normalized spacial score (nSPS) is 17.6. The Hall–Kier alpha value is -4.16. The van der Waals surface area contributed by atoms with Crippen LogP contribution in [-0.4, -0.2) is 46.6 Å². The average molecular weight is 484 g/mol. The molecule has 1 aliphatic rings. The number of H-pyrrole nitrogens is 1. The Balaban J connectivity index is 1.57. The van der Waals surface area contributed by atoms with E-state index in [0.29, 0.717) is 11.3 Å². The molecule has 0 spiro atoms. The minimum Gasteiger partial charge on any atom is -0.324 e. The molecule has 180 valence electrons. The molecule has 13 heteroatoms. The van der Waals surface area contributed by atoms with Crippen LogP contribution in [0, 0.1) is 6.92 Å². The molecule has 0 fully saturated rings. The van der Waals surface area contributed by atoms with E-state index in [-0.39, 0.29) is 41.4 Å². The molecule has 0 bridgehead atoms. The SMILES string of the molecule is Cc1ccc(C2(C)C(=O)Nc3[nH]c(-c4cn5ncnc5c(CCCC(F)(F)F)n4)nc(=O)c32)nc1. The lowest BCUT2D eigenvalue weighted by molar-refractivity contribution is -0.135. The lowest BCUT2D eigenvalue weighted by Crippen LogP contribution is -2.37. The predicted octanol–water partition coefficient (Wildman–Crippen LogP) is 2.72. The van der Waals surface area contributed by atoms with Crippen molar-refractivity contribution in [3.05, 3.63) is 63.7 Å². The second-order valence-electron chi connectivity index (χ2n) is 8.51. The Morgan fingerprint density at radius 1 is 1.14 bits per heavy atom. The van der Waals surface area contributed by atoms with Gasteiger partial charge in [0.15, 0.2) is 11.5 Å². The highest BCUT2D eigenvalue weighted by molar-refractivity contribution is 6.07. The number of fused-ring (bicyclic) bond motifs is 2. The third kappa shape index (κ3) is 3.92. The Morgan fingerprint density at radius 3 is 2.66 bits per heavy atom. The Labute approximate surface area is 195 Å². The lowest BCUT2D eigenvalue weighted by Gasteiger charge is -2.20. The van der Waals surface area contributed by atoms with Crippen LogP contribution in [0.15, 0.2) is 35.6 Å². The first-order valence-electron chi connectivity index (χ1n) is 10.7. The van der Waals surface area contributed by atoms with Gasteiger partial charge in [-0.15, -0.1) is 0 Å². The molecule has 0 saturated carbocycles. The fourth-order valence-corrected chi connectivity index (χ4v) is 4.14. The highest BCUT2D eigenvalue weighted by atomic mass is 19.4. The molecule has 5 rings (SSSR count). The van der Waals surface area contributed by atoms with Gasteiger partial charge in [-0.05, 0) is 38.3 Å². The number of halogens is 3. The average Bonchev–Trinajstić information content (AvgIpc) is 3.36. The zero-order valence-corrected chi connectivity index (χ0v) is 18.6. The van der Waals surface area contributed by atoms with Gasteiger partial charge in [-0.25, -0.2) is 14.5 Å². The highest BCUT2D eigenvalue weighted by Gasteiger charge is 2.48. The van der Waals surface area contributed by atoms with Crippen LogP contribution in [0.3, 0.4) is 0 Å². The molecule has 1 aliphatic heterocycles. The number of aromatic nitrogens is 7. The lowest BCUT2D eigenvalue weighted by atomic mass is 9.81. The molecular weight excluding hydrogens is 465 g/mol. The minimum absolute atomic E-state index is 0.00137. The molecule has 1 amide bonds. The van der Waals surface area contributed by atoms with Crippen molar-refractivity contribution in [1.82, 2.24) is 34.5 Å². The quantitative estimate of drug-likeness (QED) is 0.445. The molecule has 2 N–H and O–H groups in total. The zero-order valence-electron chi connectivity index (χ0n) is 18.6. The summed E-state index contributed by atoms with van der Waals surface area (Å²) < 4.78 is 39.2. The van der Waals surface area contributed by atoms with Crippen LogP contribution in [0.1, 0.15) is 42.3 Å². The molecule has 1 atom stereocenters. The Morgan fingerprint density at radius 2 is 1.94 bits per heavy atom. The highest BCUT2D eigenvalue weighted by Crippen LogP contribution is 2.39. The van der Waals surface area contributed by atoms with Gasteiger partial charge in [0.2, 0.25) is 5.91 Å². The first-order valence-corrected chi connectivity index (χ1v) is 10.7. The Bertz CT molecular complexity index is 1510. The number of nitrogens with zero attached hydrogens (tertiary/aromatic N) is 6. The fraction of sp³-hybridized carbons (Fsp3) is 0.318. The van der Waals surface area contributed by atoms with E-state index in [4.69, 9.17) is 0 Å². The molecule has 0 aliphatic carbocycles. The molecule has 0 saturated heterocycles. The predicted molar refractivity (Wildman–Crippen MR) is 118 cm³/mol. The first kappa shape index (κ1) is 22.6. The number of pyridine rings is 1. The van der Waals surface area contributed by atoms with E-state index in [9.17, 15) is 22.8 Å². The van der Waals surface area contributed by atoms with Gasteiger partial charge in [0.1, 0.15) is 23.3 Å².